The summed E-state index contributed by atoms with van der Waals surface area (Å²) in [6.45, 7) is 7.78. The lowest BCUT2D eigenvalue weighted by Gasteiger charge is -2.32. The van der Waals surface area contributed by atoms with Crippen molar-refractivity contribution >= 4 is 27.6 Å². The van der Waals surface area contributed by atoms with Crippen molar-refractivity contribution in [2.24, 2.45) is 0 Å². The van der Waals surface area contributed by atoms with Crippen molar-refractivity contribution in [3.63, 3.8) is 0 Å². The molecule has 1 aliphatic rings. The van der Waals surface area contributed by atoms with Crippen LogP contribution in [0.25, 0.3) is 44.3 Å². The van der Waals surface area contributed by atoms with E-state index >= 15 is 0 Å². The standard InChI is InChI=1S/C30H31N5/c1-3-34-17-14-23(15-18-34)35-19-25(28-26(31)13-16-32-30(28)35)24-11-9-22-10-12-27(33-29(22)20(24)2)21-7-5-4-6-8-21/h4-13,16,19,23H,3,14-15,17-18H2,1-2H3,(H2,31,32). The molecule has 1 saturated heterocycles. The molecule has 4 heterocycles. The van der Waals surface area contributed by atoms with Crippen molar-refractivity contribution in [3.05, 3.63) is 78.6 Å². The number of aryl methyl sites for hydroxylation is 1. The lowest BCUT2D eigenvalue weighted by molar-refractivity contribution is 0.196. The number of nitrogens with zero attached hydrogens (tertiary/aromatic N) is 4. The number of likely N-dealkylation sites (tertiary alicyclic amines) is 1. The fourth-order valence-corrected chi connectivity index (χ4v) is 5.59. The number of hydrogen-bond donors (Lipinski definition) is 1. The van der Waals surface area contributed by atoms with Gasteiger partial charge in [-0.1, -0.05) is 55.5 Å². The van der Waals surface area contributed by atoms with E-state index in [4.69, 9.17) is 15.7 Å². The maximum atomic E-state index is 6.57. The molecule has 0 unspecified atom stereocenters. The number of fused-ring (bicyclic) bond motifs is 2. The molecule has 5 heteroatoms. The second kappa shape index (κ2) is 8.82. The highest BCUT2D eigenvalue weighted by molar-refractivity contribution is 6.04. The molecule has 0 atom stereocenters. The monoisotopic (exact) mass is 461 g/mol. The highest BCUT2D eigenvalue weighted by atomic mass is 15.2. The molecule has 3 aromatic heterocycles. The predicted molar refractivity (Wildman–Crippen MR) is 145 cm³/mol. The van der Waals surface area contributed by atoms with Crippen molar-refractivity contribution < 1.29 is 0 Å². The molecule has 6 rings (SSSR count). The van der Waals surface area contributed by atoms with Gasteiger partial charge in [-0.05, 0) is 49.6 Å². The van der Waals surface area contributed by atoms with Crippen LogP contribution in [0.2, 0.25) is 0 Å². The van der Waals surface area contributed by atoms with Crippen LogP contribution in [0.1, 0.15) is 31.4 Å². The third kappa shape index (κ3) is 3.76. The second-order valence-corrected chi connectivity index (χ2v) is 9.59. The van der Waals surface area contributed by atoms with Gasteiger partial charge in [-0.3, -0.25) is 0 Å². The van der Waals surface area contributed by atoms with Gasteiger partial charge in [0.1, 0.15) is 5.65 Å². The number of piperidine rings is 1. The summed E-state index contributed by atoms with van der Waals surface area (Å²) < 4.78 is 2.38. The van der Waals surface area contributed by atoms with E-state index in [9.17, 15) is 0 Å². The SMILES string of the molecule is CCN1CCC(n2cc(-c3ccc4ccc(-c5ccccc5)nc4c3C)c3c(N)ccnc32)CC1. The Morgan fingerprint density at radius 2 is 1.71 bits per heavy atom. The molecule has 2 N–H and O–H groups in total. The molecule has 0 spiro atoms. The third-order valence-corrected chi connectivity index (χ3v) is 7.62. The topological polar surface area (TPSA) is 60.0 Å². The largest absolute Gasteiger partial charge is 0.398 e. The average molecular weight is 462 g/mol. The molecule has 0 saturated carbocycles. The molecule has 176 valence electrons. The first-order valence-corrected chi connectivity index (χ1v) is 12.6. The van der Waals surface area contributed by atoms with Crippen LogP contribution in [0.4, 0.5) is 5.69 Å². The Morgan fingerprint density at radius 1 is 0.943 bits per heavy atom. The van der Waals surface area contributed by atoms with Gasteiger partial charge in [0.25, 0.3) is 0 Å². The number of pyridine rings is 2. The number of nitrogens with two attached hydrogens (primary N) is 1. The molecule has 2 aromatic carbocycles. The highest BCUT2D eigenvalue weighted by Gasteiger charge is 2.24. The summed E-state index contributed by atoms with van der Waals surface area (Å²) in [6, 6.07) is 21.4. The Balaban J connectivity index is 1.50. The van der Waals surface area contributed by atoms with E-state index in [0.717, 1.165) is 76.9 Å². The van der Waals surface area contributed by atoms with Gasteiger partial charge in [0, 0.05) is 59.1 Å². The van der Waals surface area contributed by atoms with E-state index < -0.39 is 0 Å². The van der Waals surface area contributed by atoms with Gasteiger partial charge in [0.05, 0.1) is 11.2 Å². The molecule has 0 bridgehead atoms. The summed E-state index contributed by atoms with van der Waals surface area (Å²) in [4.78, 5) is 12.4. The normalized spacial score (nSPS) is 15.3. The Bertz CT molecular complexity index is 1510. The second-order valence-electron chi connectivity index (χ2n) is 9.59. The minimum atomic E-state index is 0.437. The summed E-state index contributed by atoms with van der Waals surface area (Å²) in [5.41, 5.74) is 15.0. The van der Waals surface area contributed by atoms with Crippen LogP contribution in [-0.2, 0) is 0 Å². The Hall–Kier alpha value is -3.70. The summed E-state index contributed by atoms with van der Waals surface area (Å²) in [5.74, 6) is 0. The summed E-state index contributed by atoms with van der Waals surface area (Å²) in [7, 11) is 0. The zero-order valence-corrected chi connectivity index (χ0v) is 20.4. The lowest BCUT2D eigenvalue weighted by Crippen LogP contribution is -2.34. The van der Waals surface area contributed by atoms with Crippen molar-refractivity contribution in [2.45, 2.75) is 32.7 Å². The van der Waals surface area contributed by atoms with Crippen LogP contribution in [0.15, 0.2) is 73.1 Å². The average Bonchev–Trinajstić information content (AvgIpc) is 3.30. The Morgan fingerprint density at radius 3 is 2.49 bits per heavy atom. The molecule has 5 aromatic rings. The number of hydrogen-bond acceptors (Lipinski definition) is 4. The zero-order valence-electron chi connectivity index (χ0n) is 20.4. The first-order valence-electron chi connectivity index (χ1n) is 12.6. The number of rotatable bonds is 4. The summed E-state index contributed by atoms with van der Waals surface area (Å²) in [6.07, 6.45) is 6.38. The third-order valence-electron chi connectivity index (χ3n) is 7.62. The lowest BCUT2D eigenvalue weighted by atomic mass is 9.97. The maximum absolute atomic E-state index is 6.57. The van der Waals surface area contributed by atoms with Crippen LogP contribution in [0, 0.1) is 6.92 Å². The van der Waals surface area contributed by atoms with E-state index in [1.54, 1.807) is 0 Å². The predicted octanol–water partition coefficient (Wildman–Crippen LogP) is 6.47. The van der Waals surface area contributed by atoms with Gasteiger partial charge >= 0.3 is 0 Å². The van der Waals surface area contributed by atoms with Crippen LogP contribution in [-0.4, -0.2) is 39.1 Å². The van der Waals surface area contributed by atoms with Crippen molar-refractivity contribution in [1.82, 2.24) is 19.4 Å². The highest BCUT2D eigenvalue weighted by Crippen LogP contribution is 2.40. The van der Waals surface area contributed by atoms with E-state index in [0.29, 0.717) is 6.04 Å². The van der Waals surface area contributed by atoms with E-state index in [1.807, 2.05) is 18.3 Å². The number of anilines is 1. The minimum Gasteiger partial charge on any atom is -0.398 e. The molecule has 35 heavy (non-hydrogen) atoms. The van der Waals surface area contributed by atoms with Gasteiger partial charge in [0.15, 0.2) is 0 Å². The minimum absolute atomic E-state index is 0.437. The van der Waals surface area contributed by atoms with Gasteiger partial charge in [-0.25, -0.2) is 9.97 Å². The Labute approximate surface area is 206 Å². The van der Waals surface area contributed by atoms with Crippen molar-refractivity contribution in [1.29, 1.82) is 0 Å². The van der Waals surface area contributed by atoms with Gasteiger partial charge < -0.3 is 15.2 Å². The van der Waals surface area contributed by atoms with Crippen LogP contribution in [0.3, 0.4) is 0 Å². The zero-order chi connectivity index (χ0) is 23.9. The molecular weight excluding hydrogens is 430 g/mol. The van der Waals surface area contributed by atoms with Gasteiger partial charge in [-0.15, -0.1) is 0 Å². The van der Waals surface area contributed by atoms with Crippen molar-refractivity contribution in [2.75, 3.05) is 25.4 Å². The quantitative estimate of drug-likeness (QED) is 0.333. The van der Waals surface area contributed by atoms with E-state index in [-0.39, 0.29) is 0 Å². The molecule has 0 radical (unpaired) electrons. The van der Waals surface area contributed by atoms with Gasteiger partial charge in [0.2, 0.25) is 0 Å². The fraction of sp³-hybridized carbons (Fsp3) is 0.267. The summed E-state index contributed by atoms with van der Waals surface area (Å²) >= 11 is 0. The molecule has 1 fully saturated rings. The van der Waals surface area contributed by atoms with Crippen molar-refractivity contribution in [3.8, 4) is 22.4 Å². The first kappa shape index (κ1) is 21.8. The molecular formula is C30H31N5. The van der Waals surface area contributed by atoms with Crippen LogP contribution in [0.5, 0.6) is 0 Å². The summed E-state index contributed by atoms with van der Waals surface area (Å²) in [5, 5.41) is 2.19. The Kier molecular flexibility index (Phi) is 5.50. The molecule has 5 nitrogen and oxygen atoms in total. The number of aromatic nitrogens is 3. The van der Waals surface area contributed by atoms with E-state index in [1.165, 1.54) is 11.1 Å². The molecule has 0 aliphatic carbocycles. The maximum Gasteiger partial charge on any atom is 0.142 e. The van der Waals surface area contributed by atoms with Crippen LogP contribution < -0.4 is 5.73 Å². The van der Waals surface area contributed by atoms with E-state index in [2.05, 4.69) is 78.0 Å². The van der Waals surface area contributed by atoms with Crippen LogP contribution >= 0.6 is 0 Å². The molecule has 1 aliphatic heterocycles. The van der Waals surface area contributed by atoms with Gasteiger partial charge in [-0.2, -0.15) is 0 Å². The fourth-order valence-electron chi connectivity index (χ4n) is 5.59. The number of nitrogen functional groups attached to an aromatic ring is 1. The first-order chi connectivity index (χ1) is 17.1. The molecule has 0 amide bonds. The smallest absolute Gasteiger partial charge is 0.142 e. The number of benzene rings is 2.